The zero-order chi connectivity index (χ0) is 18.4. The van der Waals surface area contributed by atoms with Gasteiger partial charge in [0, 0.05) is 31.8 Å². The number of hydrogen-bond acceptors (Lipinski definition) is 7. The Morgan fingerprint density at radius 2 is 2.35 bits per heavy atom. The minimum atomic E-state index is -0.0696. The first-order chi connectivity index (χ1) is 12.7. The average molecular weight is 376 g/mol. The van der Waals surface area contributed by atoms with Gasteiger partial charge in [0.25, 0.3) is 5.91 Å². The molecule has 1 fully saturated rings. The third kappa shape index (κ3) is 4.78. The molecule has 8 heteroatoms. The van der Waals surface area contributed by atoms with Crippen LogP contribution < -0.4 is 5.32 Å². The topological polar surface area (TPSA) is 76.6 Å². The van der Waals surface area contributed by atoms with Gasteiger partial charge in [-0.1, -0.05) is 0 Å². The smallest absolute Gasteiger partial charge is 0.255 e. The molecule has 0 bridgehead atoms. The molecule has 2 atom stereocenters. The number of carbonyl (C=O) groups is 1. The van der Waals surface area contributed by atoms with Crippen LogP contribution in [-0.4, -0.2) is 59.7 Å². The molecule has 26 heavy (non-hydrogen) atoms. The molecule has 2 aromatic rings. The quantitative estimate of drug-likeness (QED) is 0.800. The summed E-state index contributed by atoms with van der Waals surface area (Å²) in [6, 6.07) is 3.74. The van der Waals surface area contributed by atoms with Crippen LogP contribution in [0, 0.1) is 0 Å². The lowest BCUT2D eigenvalue weighted by Crippen LogP contribution is -2.43. The second kappa shape index (κ2) is 9.07. The highest BCUT2D eigenvalue weighted by Gasteiger charge is 2.27. The van der Waals surface area contributed by atoms with Crippen LogP contribution in [0.2, 0.25) is 0 Å². The Kier molecular flexibility index (Phi) is 6.54. The van der Waals surface area contributed by atoms with Crippen molar-refractivity contribution in [3.8, 4) is 0 Å². The maximum absolute atomic E-state index is 12.2. The van der Waals surface area contributed by atoms with Crippen molar-refractivity contribution in [3.05, 3.63) is 40.5 Å². The van der Waals surface area contributed by atoms with Crippen molar-refractivity contribution >= 4 is 23.1 Å². The van der Waals surface area contributed by atoms with E-state index in [1.165, 1.54) is 0 Å². The number of hydrogen-bond donors (Lipinski definition) is 1. The van der Waals surface area contributed by atoms with Gasteiger partial charge in [-0.15, -0.1) is 11.3 Å². The van der Waals surface area contributed by atoms with Crippen LogP contribution in [0.1, 0.15) is 29.4 Å². The van der Waals surface area contributed by atoms with E-state index in [2.05, 4.69) is 15.3 Å². The zero-order valence-electron chi connectivity index (χ0n) is 15.1. The van der Waals surface area contributed by atoms with Gasteiger partial charge in [-0.3, -0.25) is 4.79 Å². The fourth-order valence-corrected chi connectivity index (χ4v) is 3.25. The molecular formula is C18H24N4O3S. The van der Waals surface area contributed by atoms with Gasteiger partial charge in [-0.25, -0.2) is 9.97 Å². The lowest BCUT2D eigenvalue weighted by molar-refractivity contribution is -0.0644. The fourth-order valence-electron chi connectivity index (χ4n) is 2.70. The minimum Gasteiger partial charge on any atom is -0.379 e. The van der Waals surface area contributed by atoms with Crippen LogP contribution in [0.15, 0.2) is 29.2 Å². The van der Waals surface area contributed by atoms with Crippen LogP contribution in [-0.2, 0) is 16.1 Å². The summed E-state index contributed by atoms with van der Waals surface area (Å²) in [6.07, 6.45) is 2.38. The molecule has 1 N–H and O–H groups in total. The highest BCUT2D eigenvalue weighted by Crippen LogP contribution is 2.18. The Balaban J connectivity index is 1.59. The van der Waals surface area contributed by atoms with Crippen molar-refractivity contribution in [2.45, 2.75) is 32.1 Å². The van der Waals surface area contributed by atoms with E-state index in [0.29, 0.717) is 31.9 Å². The predicted molar refractivity (Wildman–Crippen MR) is 100 cm³/mol. The summed E-state index contributed by atoms with van der Waals surface area (Å²) in [4.78, 5) is 22.4. The Labute approximate surface area is 157 Å². The summed E-state index contributed by atoms with van der Waals surface area (Å²) >= 11 is 1.56. The standard InChI is InChI=1S/C18H24N4O3S/c1-3-22(2)18(23)13-4-5-17(19-8-13)21-15-6-7-24-10-16(15)25-9-14-11-26-12-20-14/h4-5,8,11-12,15-16H,3,6-7,9-10H2,1-2H3,(H,19,21)/t15-,16-/m1/s1. The normalized spacial score (nSPS) is 19.9. The summed E-state index contributed by atoms with van der Waals surface area (Å²) in [5.41, 5.74) is 3.32. The molecule has 7 nitrogen and oxygen atoms in total. The monoisotopic (exact) mass is 376 g/mol. The van der Waals surface area contributed by atoms with E-state index in [0.717, 1.165) is 17.9 Å². The van der Waals surface area contributed by atoms with Crippen LogP contribution in [0.4, 0.5) is 5.82 Å². The number of amides is 1. The van der Waals surface area contributed by atoms with Crippen molar-refractivity contribution in [1.29, 1.82) is 0 Å². The number of anilines is 1. The number of nitrogens with one attached hydrogen (secondary N) is 1. The molecular weight excluding hydrogens is 352 g/mol. The summed E-state index contributed by atoms with van der Waals surface area (Å²) in [5.74, 6) is 0.706. The molecule has 3 rings (SSSR count). The summed E-state index contributed by atoms with van der Waals surface area (Å²) in [6.45, 7) is 4.31. The van der Waals surface area contributed by atoms with E-state index >= 15 is 0 Å². The third-order valence-electron chi connectivity index (χ3n) is 4.40. The number of pyridine rings is 1. The van der Waals surface area contributed by atoms with E-state index in [-0.39, 0.29) is 18.1 Å². The number of carbonyl (C=O) groups excluding carboxylic acids is 1. The molecule has 1 saturated heterocycles. The molecule has 0 aliphatic carbocycles. The lowest BCUT2D eigenvalue weighted by Gasteiger charge is -2.32. The fraction of sp³-hybridized carbons (Fsp3) is 0.500. The number of nitrogens with zero attached hydrogens (tertiary/aromatic N) is 3. The van der Waals surface area contributed by atoms with Gasteiger partial charge >= 0.3 is 0 Å². The van der Waals surface area contributed by atoms with Crippen molar-refractivity contribution in [1.82, 2.24) is 14.9 Å². The summed E-state index contributed by atoms with van der Waals surface area (Å²) < 4.78 is 11.5. The maximum atomic E-state index is 12.2. The van der Waals surface area contributed by atoms with E-state index in [9.17, 15) is 4.79 Å². The molecule has 1 aliphatic heterocycles. The van der Waals surface area contributed by atoms with E-state index in [4.69, 9.17) is 9.47 Å². The molecule has 1 amide bonds. The van der Waals surface area contributed by atoms with Crippen molar-refractivity contribution in [2.75, 3.05) is 32.1 Å². The van der Waals surface area contributed by atoms with Gasteiger partial charge < -0.3 is 19.7 Å². The lowest BCUT2D eigenvalue weighted by atomic mass is 10.1. The van der Waals surface area contributed by atoms with Crippen LogP contribution in [0.25, 0.3) is 0 Å². The molecule has 140 valence electrons. The first-order valence-electron chi connectivity index (χ1n) is 8.72. The van der Waals surface area contributed by atoms with Gasteiger partial charge in [0.05, 0.1) is 36.0 Å². The highest BCUT2D eigenvalue weighted by atomic mass is 32.1. The van der Waals surface area contributed by atoms with E-state index in [1.54, 1.807) is 41.1 Å². The third-order valence-corrected chi connectivity index (χ3v) is 5.03. The summed E-state index contributed by atoms with van der Waals surface area (Å²) in [7, 11) is 1.78. The predicted octanol–water partition coefficient (Wildman–Crippen LogP) is 2.42. The van der Waals surface area contributed by atoms with Crippen LogP contribution in [0.5, 0.6) is 0 Å². The molecule has 2 aromatic heterocycles. The second-order valence-corrected chi connectivity index (χ2v) is 6.91. The summed E-state index contributed by atoms with van der Waals surface area (Å²) in [5, 5.41) is 5.39. The number of aromatic nitrogens is 2. The van der Waals surface area contributed by atoms with Crippen LogP contribution >= 0.6 is 11.3 Å². The molecule has 0 spiro atoms. The first kappa shape index (κ1) is 18.8. The van der Waals surface area contributed by atoms with Gasteiger partial charge in [-0.2, -0.15) is 0 Å². The molecule has 3 heterocycles. The highest BCUT2D eigenvalue weighted by molar-refractivity contribution is 7.07. The number of thiazole rings is 1. The largest absolute Gasteiger partial charge is 0.379 e. The van der Waals surface area contributed by atoms with Crippen molar-refractivity contribution in [3.63, 3.8) is 0 Å². The Morgan fingerprint density at radius 1 is 1.46 bits per heavy atom. The minimum absolute atomic E-state index is 0.0258. The van der Waals surface area contributed by atoms with Gasteiger partial charge in [0.15, 0.2) is 0 Å². The van der Waals surface area contributed by atoms with Gasteiger partial charge in [0.2, 0.25) is 0 Å². The SMILES string of the molecule is CCN(C)C(=O)c1ccc(N[C@@H]2CCOC[C@H]2OCc2cscn2)nc1. The first-order valence-corrected chi connectivity index (χ1v) is 9.66. The Hall–Kier alpha value is -2.03. The van der Waals surface area contributed by atoms with Crippen molar-refractivity contribution < 1.29 is 14.3 Å². The van der Waals surface area contributed by atoms with Gasteiger partial charge in [0.1, 0.15) is 11.9 Å². The average Bonchev–Trinajstić information content (AvgIpc) is 3.20. The molecule has 0 aromatic carbocycles. The molecule has 1 aliphatic rings. The molecule has 0 radical (unpaired) electrons. The van der Waals surface area contributed by atoms with Crippen LogP contribution in [0.3, 0.4) is 0 Å². The Bertz CT molecular complexity index is 693. The number of ether oxygens (including phenoxy) is 2. The number of rotatable bonds is 7. The van der Waals surface area contributed by atoms with Gasteiger partial charge in [-0.05, 0) is 25.5 Å². The zero-order valence-corrected chi connectivity index (χ0v) is 15.9. The van der Waals surface area contributed by atoms with Crippen molar-refractivity contribution in [2.24, 2.45) is 0 Å². The molecule has 0 unspecified atom stereocenters. The van der Waals surface area contributed by atoms with E-state index in [1.807, 2.05) is 18.4 Å². The van der Waals surface area contributed by atoms with E-state index < -0.39 is 0 Å². The Morgan fingerprint density at radius 3 is 3.04 bits per heavy atom. The second-order valence-electron chi connectivity index (χ2n) is 6.20. The molecule has 0 saturated carbocycles. The maximum Gasteiger partial charge on any atom is 0.255 e.